The zero-order valence-corrected chi connectivity index (χ0v) is 9.76. The van der Waals surface area contributed by atoms with Crippen molar-refractivity contribution in [2.45, 2.75) is 19.4 Å². The third kappa shape index (κ3) is 1.85. The maximum Gasteiger partial charge on any atom is 0.323 e. The second-order valence-corrected chi connectivity index (χ2v) is 4.28. The summed E-state index contributed by atoms with van der Waals surface area (Å²) in [5.74, 6) is 0. The van der Waals surface area contributed by atoms with Crippen LogP contribution in [0.1, 0.15) is 25.0 Å². The van der Waals surface area contributed by atoms with E-state index in [4.69, 9.17) is 0 Å². The standard InChI is InChI=1S/C10H11BrN2O2/c1-2-9(14)5-3-7-8(4-6(5)11)13-10(15)12-7/h3-4,9,14H,2H2,1H3,(H2,12,13,15). The van der Waals surface area contributed by atoms with Crippen molar-refractivity contribution in [2.24, 2.45) is 0 Å². The van der Waals surface area contributed by atoms with E-state index >= 15 is 0 Å². The smallest absolute Gasteiger partial charge is 0.323 e. The summed E-state index contributed by atoms with van der Waals surface area (Å²) >= 11 is 3.37. The molecule has 0 radical (unpaired) electrons. The van der Waals surface area contributed by atoms with Crippen LogP contribution in [0.25, 0.3) is 11.0 Å². The highest BCUT2D eigenvalue weighted by atomic mass is 79.9. The first-order chi connectivity index (χ1) is 7.11. The molecule has 0 aliphatic carbocycles. The first-order valence-corrected chi connectivity index (χ1v) is 5.50. The molecule has 2 aromatic rings. The van der Waals surface area contributed by atoms with Gasteiger partial charge in [-0.2, -0.15) is 0 Å². The fraction of sp³-hybridized carbons (Fsp3) is 0.300. The minimum atomic E-state index is -0.512. The molecule has 0 fully saturated rings. The molecular formula is C10H11BrN2O2. The van der Waals surface area contributed by atoms with Gasteiger partial charge in [0.15, 0.2) is 0 Å². The van der Waals surface area contributed by atoms with Gasteiger partial charge in [0.05, 0.1) is 17.1 Å². The molecule has 1 aromatic heterocycles. The van der Waals surface area contributed by atoms with Crippen molar-refractivity contribution in [1.82, 2.24) is 9.97 Å². The van der Waals surface area contributed by atoms with Crippen LogP contribution in [0.15, 0.2) is 21.4 Å². The Hall–Kier alpha value is -1.07. The molecule has 0 spiro atoms. The van der Waals surface area contributed by atoms with Crippen LogP contribution in [-0.4, -0.2) is 15.1 Å². The van der Waals surface area contributed by atoms with Crippen LogP contribution in [0, 0.1) is 0 Å². The average molecular weight is 271 g/mol. The van der Waals surface area contributed by atoms with Crippen LogP contribution < -0.4 is 5.69 Å². The number of H-pyrrole nitrogens is 2. The van der Waals surface area contributed by atoms with E-state index in [0.29, 0.717) is 11.9 Å². The van der Waals surface area contributed by atoms with Gasteiger partial charge in [-0.05, 0) is 24.1 Å². The molecule has 3 N–H and O–H groups in total. The number of halogens is 1. The van der Waals surface area contributed by atoms with Crippen molar-refractivity contribution >= 4 is 27.0 Å². The summed E-state index contributed by atoms with van der Waals surface area (Å²) in [4.78, 5) is 16.4. The predicted molar refractivity (Wildman–Crippen MR) is 61.9 cm³/mol. The quantitative estimate of drug-likeness (QED) is 0.782. The molecule has 0 aliphatic heterocycles. The average Bonchev–Trinajstić information content (AvgIpc) is 2.55. The molecule has 1 heterocycles. The van der Waals surface area contributed by atoms with Gasteiger partial charge in [0.1, 0.15) is 0 Å². The summed E-state index contributed by atoms with van der Waals surface area (Å²) < 4.78 is 0.805. The maximum atomic E-state index is 11.1. The molecule has 5 heteroatoms. The molecule has 0 amide bonds. The number of benzene rings is 1. The molecule has 1 atom stereocenters. The Morgan fingerprint density at radius 1 is 1.40 bits per heavy atom. The number of hydrogen-bond donors (Lipinski definition) is 3. The van der Waals surface area contributed by atoms with Gasteiger partial charge in [0, 0.05) is 4.47 Å². The number of hydrogen-bond acceptors (Lipinski definition) is 2. The Morgan fingerprint density at radius 2 is 2.00 bits per heavy atom. The summed E-state index contributed by atoms with van der Waals surface area (Å²) in [6.45, 7) is 1.90. The molecule has 1 unspecified atom stereocenters. The normalized spacial score (nSPS) is 13.3. The van der Waals surface area contributed by atoms with Crippen LogP contribution in [0.3, 0.4) is 0 Å². The van der Waals surface area contributed by atoms with Crippen LogP contribution in [0.4, 0.5) is 0 Å². The van der Waals surface area contributed by atoms with E-state index in [9.17, 15) is 9.90 Å². The van der Waals surface area contributed by atoms with E-state index in [0.717, 1.165) is 15.6 Å². The third-order valence-corrected chi connectivity index (χ3v) is 3.07. The Morgan fingerprint density at radius 3 is 2.60 bits per heavy atom. The van der Waals surface area contributed by atoms with Gasteiger partial charge in [-0.15, -0.1) is 0 Å². The number of aromatic nitrogens is 2. The van der Waals surface area contributed by atoms with Crippen LogP contribution in [0.2, 0.25) is 0 Å². The van der Waals surface area contributed by atoms with Crippen LogP contribution in [0.5, 0.6) is 0 Å². The number of fused-ring (bicyclic) bond motifs is 1. The van der Waals surface area contributed by atoms with Crippen molar-refractivity contribution in [3.63, 3.8) is 0 Å². The van der Waals surface area contributed by atoms with Crippen molar-refractivity contribution in [1.29, 1.82) is 0 Å². The van der Waals surface area contributed by atoms with Crippen molar-refractivity contribution in [3.8, 4) is 0 Å². The Balaban J connectivity index is 2.66. The van der Waals surface area contributed by atoms with Gasteiger partial charge in [-0.3, -0.25) is 0 Å². The number of aliphatic hydroxyl groups excluding tert-OH is 1. The van der Waals surface area contributed by atoms with Crippen LogP contribution in [-0.2, 0) is 0 Å². The van der Waals surface area contributed by atoms with E-state index < -0.39 is 6.10 Å². The first kappa shape index (κ1) is 10.4. The molecule has 0 aliphatic rings. The molecule has 0 saturated heterocycles. The van der Waals surface area contributed by atoms with E-state index in [-0.39, 0.29) is 5.69 Å². The lowest BCUT2D eigenvalue weighted by molar-refractivity contribution is 0.173. The van der Waals surface area contributed by atoms with Gasteiger partial charge in [-0.1, -0.05) is 22.9 Å². The van der Waals surface area contributed by atoms with E-state index in [1.165, 1.54) is 0 Å². The van der Waals surface area contributed by atoms with E-state index in [1.54, 1.807) is 12.1 Å². The summed E-state index contributed by atoms with van der Waals surface area (Å²) in [5, 5.41) is 9.74. The van der Waals surface area contributed by atoms with E-state index in [1.807, 2.05) is 6.92 Å². The fourth-order valence-corrected chi connectivity index (χ4v) is 2.16. The van der Waals surface area contributed by atoms with Crippen molar-refractivity contribution in [2.75, 3.05) is 0 Å². The van der Waals surface area contributed by atoms with Gasteiger partial charge >= 0.3 is 5.69 Å². The van der Waals surface area contributed by atoms with E-state index in [2.05, 4.69) is 25.9 Å². The highest BCUT2D eigenvalue weighted by Gasteiger charge is 2.11. The minimum Gasteiger partial charge on any atom is -0.388 e. The second-order valence-electron chi connectivity index (χ2n) is 3.42. The van der Waals surface area contributed by atoms with Crippen LogP contribution >= 0.6 is 15.9 Å². The zero-order chi connectivity index (χ0) is 11.0. The number of nitrogens with one attached hydrogen (secondary N) is 2. The Kier molecular flexibility index (Phi) is 2.67. The molecule has 1 aromatic carbocycles. The molecule has 0 bridgehead atoms. The molecule has 2 rings (SSSR count). The fourth-order valence-electron chi connectivity index (χ4n) is 1.55. The largest absolute Gasteiger partial charge is 0.388 e. The number of aromatic amines is 2. The lowest BCUT2D eigenvalue weighted by atomic mass is 10.1. The monoisotopic (exact) mass is 270 g/mol. The minimum absolute atomic E-state index is 0.236. The number of imidazole rings is 1. The SMILES string of the molecule is CCC(O)c1cc2[nH]c(=O)[nH]c2cc1Br. The summed E-state index contributed by atoms with van der Waals surface area (Å²) in [6.07, 6.45) is 0.126. The molecule has 80 valence electrons. The maximum absolute atomic E-state index is 11.1. The third-order valence-electron chi connectivity index (χ3n) is 2.38. The van der Waals surface area contributed by atoms with Gasteiger partial charge in [0.2, 0.25) is 0 Å². The lowest BCUT2D eigenvalue weighted by Gasteiger charge is -2.10. The lowest BCUT2D eigenvalue weighted by Crippen LogP contribution is -1.99. The second kappa shape index (κ2) is 3.83. The number of aliphatic hydroxyl groups is 1. The molecular weight excluding hydrogens is 260 g/mol. The number of rotatable bonds is 2. The Labute approximate surface area is 94.5 Å². The van der Waals surface area contributed by atoms with Crippen molar-refractivity contribution in [3.05, 3.63) is 32.7 Å². The Bertz CT molecular complexity index is 544. The topological polar surface area (TPSA) is 68.9 Å². The van der Waals surface area contributed by atoms with Gasteiger partial charge in [-0.25, -0.2) is 4.79 Å². The summed E-state index contributed by atoms with van der Waals surface area (Å²) in [5.41, 5.74) is 2.00. The zero-order valence-electron chi connectivity index (χ0n) is 8.17. The van der Waals surface area contributed by atoms with Gasteiger partial charge < -0.3 is 15.1 Å². The molecule has 15 heavy (non-hydrogen) atoms. The first-order valence-electron chi connectivity index (χ1n) is 4.71. The highest BCUT2D eigenvalue weighted by molar-refractivity contribution is 9.10. The highest BCUT2D eigenvalue weighted by Crippen LogP contribution is 2.28. The predicted octanol–water partition coefficient (Wildman–Crippen LogP) is 2.06. The molecule has 0 saturated carbocycles. The summed E-state index contributed by atoms with van der Waals surface area (Å²) in [7, 11) is 0. The molecule has 4 nitrogen and oxygen atoms in total. The van der Waals surface area contributed by atoms with Gasteiger partial charge in [0.25, 0.3) is 0 Å². The summed E-state index contributed by atoms with van der Waals surface area (Å²) in [6, 6.07) is 3.58. The van der Waals surface area contributed by atoms with Crippen molar-refractivity contribution < 1.29 is 5.11 Å².